The van der Waals surface area contributed by atoms with Crippen LogP contribution in [0.1, 0.15) is 29.6 Å². The number of rotatable bonds is 9. The number of benzene rings is 1. The van der Waals surface area contributed by atoms with E-state index in [1.54, 1.807) is 0 Å². The Bertz CT molecular complexity index is 515. The normalized spacial score (nSPS) is 9.87. The molecule has 0 radical (unpaired) electrons. The zero-order valence-corrected chi connectivity index (χ0v) is 13.8. The summed E-state index contributed by atoms with van der Waals surface area (Å²) in [7, 11) is 1.84. The van der Waals surface area contributed by atoms with E-state index in [0.29, 0.717) is 19.0 Å². The van der Waals surface area contributed by atoms with Crippen LogP contribution < -0.4 is 16.0 Å². The SMILES string of the molecule is CNCCCNC(=O)CCCNC(=O)c1ccc(F)cc1F.Cl. The van der Waals surface area contributed by atoms with Gasteiger partial charge in [-0.25, -0.2) is 8.78 Å². The summed E-state index contributed by atoms with van der Waals surface area (Å²) in [6.45, 7) is 1.69. The maximum absolute atomic E-state index is 13.4. The molecule has 2 amide bonds. The maximum Gasteiger partial charge on any atom is 0.254 e. The lowest BCUT2D eigenvalue weighted by atomic mass is 10.2. The summed E-state index contributed by atoms with van der Waals surface area (Å²) in [4.78, 5) is 23.2. The highest BCUT2D eigenvalue weighted by Gasteiger charge is 2.11. The Labute approximate surface area is 140 Å². The highest BCUT2D eigenvalue weighted by atomic mass is 35.5. The molecule has 0 fully saturated rings. The van der Waals surface area contributed by atoms with E-state index in [1.165, 1.54) is 0 Å². The number of carbonyl (C=O) groups is 2. The minimum Gasteiger partial charge on any atom is -0.356 e. The Morgan fingerprint density at radius 2 is 1.74 bits per heavy atom. The average molecular weight is 350 g/mol. The summed E-state index contributed by atoms with van der Waals surface area (Å²) in [6.07, 6.45) is 1.58. The van der Waals surface area contributed by atoms with Crippen molar-refractivity contribution in [1.29, 1.82) is 0 Å². The summed E-state index contributed by atoms with van der Waals surface area (Å²) < 4.78 is 26.1. The highest BCUT2D eigenvalue weighted by Crippen LogP contribution is 2.09. The Morgan fingerprint density at radius 1 is 1.04 bits per heavy atom. The topological polar surface area (TPSA) is 70.2 Å². The summed E-state index contributed by atoms with van der Waals surface area (Å²) in [5.74, 6) is -2.34. The molecule has 0 saturated heterocycles. The van der Waals surface area contributed by atoms with Crippen LogP contribution in [0.5, 0.6) is 0 Å². The van der Waals surface area contributed by atoms with Gasteiger partial charge in [0.1, 0.15) is 11.6 Å². The monoisotopic (exact) mass is 349 g/mol. The smallest absolute Gasteiger partial charge is 0.254 e. The molecule has 0 aliphatic rings. The second kappa shape index (κ2) is 11.8. The van der Waals surface area contributed by atoms with Crippen molar-refractivity contribution >= 4 is 24.2 Å². The predicted molar refractivity (Wildman–Crippen MR) is 86.7 cm³/mol. The largest absolute Gasteiger partial charge is 0.356 e. The van der Waals surface area contributed by atoms with Crippen molar-refractivity contribution in [3.8, 4) is 0 Å². The van der Waals surface area contributed by atoms with Crippen LogP contribution in [0.3, 0.4) is 0 Å². The first kappa shape index (κ1) is 21.3. The minimum absolute atomic E-state index is 0. The van der Waals surface area contributed by atoms with Crippen LogP contribution in [0, 0.1) is 11.6 Å². The van der Waals surface area contributed by atoms with E-state index in [4.69, 9.17) is 0 Å². The van der Waals surface area contributed by atoms with Crippen LogP contribution in [-0.4, -0.2) is 38.5 Å². The molecule has 1 aromatic rings. The predicted octanol–water partition coefficient (Wildman–Crippen LogP) is 1.62. The molecule has 5 nitrogen and oxygen atoms in total. The van der Waals surface area contributed by atoms with Crippen molar-refractivity contribution < 1.29 is 18.4 Å². The molecule has 23 heavy (non-hydrogen) atoms. The molecular formula is C15H22ClF2N3O2. The summed E-state index contributed by atoms with van der Waals surface area (Å²) >= 11 is 0. The van der Waals surface area contributed by atoms with Gasteiger partial charge in [0.2, 0.25) is 5.91 Å². The van der Waals surface area contributed by atoms with E-state index in [2.05, 4.69) is 16.0 Å². The average Bonchev–Trinajstić information content (AvgIpc) is 2.48. The quantitative estimate of drug-likeness (QED) is 0.593. The first-order valence-electron chi connectivity index (χ1n) is 7.19. The van der Waals surface area contributed by atoms with Gasteiger partial charge in [-0.15, -0.1) is 12.4 Å². The van der Waals surface area contributed by atoms with Crippen molar-refractivity contribution in [3.05, 3.63) is 35.4 Å². The zero-order valence-electron chi connectivity index (χ0n) is 13.0. The highest BCUT2D eigenvalue weighted by molar-refractivity contribution is 5.94. The lowest BCUT2D eigenvalue weighted by Crippen LogP contribution is -2.29. The van der Waals surface area contributed by atoms with E-state index in [0.717, 1.165) is 25.1 Å². The van der Waals surface area contributed by atoms with Crippen molar-refractivity contribution in [2.24, 2.45) is 0 Å². The lowest BCUT2D eigenvalue weighted by molar-refractivity contribution is -0.121. The second-order valence-corrected chi connectivity index (χ2v) is 4.79. The van der Waals surface area contributed by atoms with Gasteiger partial charge in [-0.05, 0) is 38.6 Å². The van der Waals surface area contributed by atoms with E-state index in [9.17, 15) is 18.4 Å². The third-order valence-corrected chi connectivity index (χ3v) is 2.97. The molecule has 0 spiro atoms. The van der Waals surface area contributed by atoms with Gasteiger partial charge in [0.05, 0.1) is 5.56 Å². The lowest BCUT2D eigenvalue weighted by Gasteiger charge is -2.07. The Morgan fingerprint density at radius 3 is 2.39 bits per heavy atom. The summed E-state index contributed by atoms with van der Waals surface area (Å²) in [5.41, 5.74) is -0.210. The fraction of sp³-hybridized carbons (Fsp3) is 0.467. The van der Waals surface area contributed by atoms with Crippen molar-refractivity contribution in [3.63, 3.8) is 0 Å². The molecule has 0 aliphatic carbocycles. The molecule has 0 aromatic heterocycles. The van der Waals surface area contributed by atoms with E-state index >= 15 is 0 Å². The fourth-order valence-electron chi connectivity index (χ4n) is 1.80. The minimum atomic E-state index is -0.903. The number of hydrogen-bond acceptors (Lipinski definition) is 3. The second-order valence-electron chi connectivity index (χ2n) is 4.79. The number of halogens is 3. The number of nitrogens with one attached hydrogen (secondary N) is 3. The van der Waals surface area contributed by atoms with Crippen LogP contribution in [0.25, 0.3) is 0 Å². The first-order valence-corrected chi connectivity index (χ1v) is 7.19. The van der Waals surface area contributed by atoms with Gasteiger partial charge in [-0.1, -0.05) is 0 Å². The Balaban J connectivity index is 0.00000484. The van der Waals surface area contributed by atoms with Gasteiger partial charge >= 0.3 is 0 Å². The van der Waals surface area contributed by atoms with Gasteiger partial charge in [0, 0.05) is 25.6 Å². The van der Waals surface area contributed by atoms with Gasteiger partial charge in [0.25, 0.3) is 5.91 Å². The summed E-state index contributed by atoms with van der Waals surface area (Å²) in [5, 5.41) is 8.24. The first-order chi connectivity index (χ1) is 10.5. The van der Waals surface area contributed by atoms with E-state index in [1.807, 2.05) is 7.05 Å². The van der Waals surface area contributed by atoms with Crippen molar-refractivity contribution in [2.45, 2.75) is 19.3 Å². The molecule has 130 valence electrons. The molecule has 0 unspecified atom stereocenters. The molecule has 8 heteroatoms. The third kappa shape index (κ3) is 8.47. The van der Waals surface area contributed by atoms with Crippen LogP contribution in [0.15, 0.2) is 18.2 Å². The van der Waals surface area contributed by atoms with E-state index < -0.39 is 17.5 Å². The van der Waals surface area contributed by atoms with Crippen molar-refractivity contribution in [2.75, 3.05) is 26.7 Å². The molecule has 0 aliphatic heterocycles. The Hall–Kier alpha value is -1.73. The van der Waals surface area contributed by atoms with Gasteiger partial charge in [-0.3, -0.25) is 9.59 Å². The maximum atomic E-state index is 13.4. The molecule has 0 saturated carbocycles. The summed E-state index contributed by atoms with van der Waals surface area (Å²) in [6, 6.07) is 2.78. The van der Waals surface area contributed by atoms with E-state index in [-0.39, 0.29) is 36.8 Å². The molecule has 1 rings (SSSR count). The molecule has 3 N–H and O–H groups in total. The molecule has 0 atom stereocenters. The van der Waals surface area contributed by atoms with Crippen LogP contribution >= 0.6 is 12.4 Å². The fourth-order valence-corrected chi connectivity index (χ4v) is 1.80. The van der Waals surface area contributed by atoms with Gasteiger partial charge < -0.3 is 16.0 Å². The van der Waals surface area contributed by atoms with Gasteiger partial charge in [-0.2, -0.15) is 0 Å². The molecule has 0 bridgehead atoms. The zero-order chi connectivity index (χ0) is 16.4. The van der Waals surface area contributed by atoms with Crippen LogP contribution in [-0.2, 0) is 4.79 Å². The van der Waals surface area contributed by atoms with Crippen molar-refractivity contribution in [1.82, 2.24) is 16.0 Å². The molecular weight excluding hydrogens is 328 g/mol. The third-order valence-electron chi connectivity index (χ3n) is 2.97. The van der Waals surface area contributed by atoms with Gasteiger partial charge in [0.15, 0.2) is 0 Å². The number of hydrogen-bond donors (Lipinski definition) is 3. The molecule has 0 heterocycles. The van der Waals surface area contributed by atoms with Crippen LogP contribution in [0.2, 0.25) is 0 Å². The Kier molecular flexibility index (Phi) is 10.9. The number of amides is 2. The standard InChI is InChI=1S/C15H21F2N3O2.ClH/c1-18-7-3-9-19-14(21)4-2-8-20-15(22)12-6-5-11(16)10-13(12)17;/h5-6,10,18H,2-4,7-9H2,1H3,(H,19,21)(H,20,22);1H. The number of carbonyl (C=O) groups excluding carboxylic acids is 2. The molecule has 1 aromatic carbocycles. The van der Waals surface area contributed by atoms with Crippen LogP contribution in [0.4, 0.5) is 8.78 Å².